The molecule has 1 aliphatic carbocycles. The van der Waals surface area contributed by atoms with E-state index in [9.17, 15) is 8.42 Å². The highest BCUT2D eigenvalue weighted by Crippen LogP contribution is 2.34. The minimum absolute atomic E-state index is 0.243. The fraction of sp³-hybridized carbons (Fsp3) is 0.714. The lowest BCUT2D eigenvalue weighted by Crippen LogP contribution is -2.50. The number of hydrogen-bond acceptors (Lipinski definition) is 4. The van der Waals surface area contributed by atoms with Crippen LogP contribution < -0.4 is 10.0 Å². The minimum Gasteiger partial charge on any atom is -0.310 e. The van der Waals surface area contributed by atoms with Gasteiger partial charge in [-0.1, -0.05) is 13.8 Å². The number of thiophene rings is 1. The summed E-state index contributed by atoms with van der Waals surface area (Å²) in [5.41, 5.74) is 0.801. The normalized spacial score (nSPS) is 18.2. The summed E-state index contributed by atoms with van der Waals surface area (Å²) >= 11 is 1.37. The molecule has 20 heavy (non-hydrogen) atoms. The summed E-state index contributed by atoms with van der Waals surface area (Å²) in [5, 5.41) is 3.33. The van der Waals surface area contributed by atoms with Crippen LogP contribution >= 0.6 is 11.3 Å². The van der Waals surface area contributed by atoms with Gasteiger partial charge in [0, 0.05) is 23.0 Å². The molecule has 0 bridgehead atoms. The third-order valence-electron chi connectivity index (χ3n) is 3.77. The van der Waals surface area contributed by atoms with Crippen LogP contribution in [0.25, 0.3) is 0 Å². The number of rotatable bonds is 6. The summed E-state index contributed by atoms with van der Waals surface area (Å²) in [6.07, 6.45) is 2.96. The Morgan fingerprint density at radius 2 is 2.05 bits per heavy atom. The van der Waals surface area contributed by atoms with Gasteiger partial charge in [-0.25, -0.2) is 13.1 Å². The van der Waals surface area contributed by atoms with Gasteiger partial charge < -0.3 is 5.32 Å². The molecular formula is C14H24N2O2S2. The molecule has 0 unspecified atom stereocenters. The first kappa shape index (κ1) is 15.9. The van der Waals surface area contributed by atoms with Gasteiger partial charge in [-0.3, -0.25) is 0 Å². The quantitative estimate of drug-likeness (QED) is 0.848. The lowest BCUT2D eigenvalue weighted by Gasteiger charge is -2.38. The van der Waals surface area contributed by atoms with Crippen LogP contribution in [0.1, 0.15) is 50.5 Å². The molecule has 0 saturated heterocycles. The van der Waals surface area contributed by atoms with Gasteiger partial charge in [0.15, 0.2) is 0 Å². The Hall–Kier alpha value is -0.430. The molecule has 6 heteroatoms. The van der Waals surface area contributed by atoms with Crippen molar-refractivity contribution in [3.8, 4) is 0 Å². The maximum atomic E-state index is 12.4. The largest absolute Gasteiger partial charge is 0.310 e. The van der Waals surface area contributed by atoms with Crippen molar-refractivity contribution in [3.05, 3.63) is 16.5 Å². The van der Waals surface area contributed by atoms with Crippen molar-refractivity contribution in [2.75, 3.05) is 0 Å². The molecule has 1 fully saturated rings. The molecule has 1 heterocycles. The monoisotopic (exact) mass is 316 g/mol. The highest BCUT2D eigenvalue weighted by Gasteiger charge is 2.36. The van der Waals surface area contributed by atoms with E-state index in [4.69, 9.17) is 0 Å². The van der Waals surface area contributed by atoms with Gasteiger partial charge in [-0.05, 0) is 44.7 Å². The average Bonchev–Trinajstić information content (AvgIpc) is 2.66. The smallest absolute Gasteiger partial charge is 0.250 e. The molecule has 0 aliphatic heterocycles. The van der Waals surface area contributed by atoms with Gasteiger partial charge in [0.2, 0.25) is 0 Å². The van der Waals surface area contributed by atoms with Gasteiger partial charge in [0.05, 0.1) is 0 Å². The number of aryl methyl sites for hydroxylation is 1. The minimum atomic E-state index is -3.38. The summed E-state index contributed by atoms with van der Waals surface area (Å²) in [6.45, 7) is 8.84. The van der Waals surface area contributed by atoms with Crippen LogP contribution in [0.2, 0.25) is 0 Å². The molecule has 1 aliphatic rings. The first-order valence-corrected chi connectivity index (χ1v) is 9.38. The highest BCUT2D eigenvalue weighted by atomic mass is 32.2. The standard InChI is InChI=1S/C14H24N2O2S2/c1-10(2)15-9-12-11(3)8-13(19-12)20(17,18)16-14(4)6-5-7-14/h8,10,15-16H,5-7,9H2,1-4H3. The maximum absolute atomic E-state index is 12.4. The zero-order valence-electron chi connectivity index (χ0n) is 12.6. The zero-order valence-corrected chi connectivity index (χ0v) is 14.2. The Bertz CT molecular complexity index is 572. The van der Waals surface area contributed by atoms with E-state index in [-0.39, 0.29) is 5.54 Å². The molecule has 114 valence electrons. The first-order chi connectivity index (χ1) is 9.22. The van der Waals surface area contributed by atoms with Gasteiger partial charge >= 0.3 is 0 Å². The molecule has 1 saturated carbocycles. The van der Waals surface area contributed by atoms with E-state index in [2.05, 4.69) is 23.9 Å². The topological polar surface area (TPSA) is 58.2 Å². The Labute approximate surface area is 126 Å². The van der Waals surface area contributed by atoms with Crippen LogP contribution in [0.4, 0.5) is 0 Å². The van der Waals surface area contributed by atoms with Crippen molar-refractivity contribution < 1.29 is 8.42 Å². The van der Waals surface area contributed by atoms with E-state index < -0.39 is 10.0 Å². The molecule has 0 atom stereocenters. The van der Waals surface area contributed by atoms with Gasteiger partial charge in [-0.2, -0.15) is 0 Å². The predicted octanol–water partition coefficient (Wildman–Crippen LogP) is 2.78. The van der Waals surface area contributed by atoms with E-state index in [0.29, 0.717) is 10.3 Å². The summed E-state index contributed by atoms with van der Waals surface area (Å²) in [6, 6.07) is 2.18. The van der Waals surface area contributed by atoms with Crippen LogP contribution in [0.3, 0.4) is 0 Å². The SMILES string of the molecule is Cc1cc(S(=O)(=O)NC2(C)CCC2)sc1CNC(C)C. The van der Waals surface area contributed by atoms with Crippen LogP contribution in [0.15, 0.2) is 10.3 Å². The van der Waals surface area contributed by atoms with Crippen molar-refractivity contribution >= 4 is 21.4 Å². The fourth-order valence-electron chi connectivity index (χ4n) is 2.28. The Morgan fingerprint density at radius 1 is 1.40 bits per heavy atom. The average molecular weight is 316 g/mol. The number of hydrogen-bond donors (Lipinski definition) is 2. The molecule has 1 aromatic heterocycles. The summed E-state index contributed by atoms with van der Waals surface area (Å²) in [4.78, 5) is 1.10. The number of sulfonamides is 1. The fourth-order valence-corrected chi connectivity index (χ4v) is 5.28. The third kappa shape index (κ3) is 3.61. The molecule has 2 N–H and O–H groups in total. The molecule has 0 amide bonds. The molecule has 1 aromatic rings. The molecule has 2 rings (SSSR count). The second kappa shape index (κ2) is 5.75. The van der Waals surface area contributed by atoms with E-state index in [0.717, 1.165) is 36.2 Å². The molecular weight excluding hydrogens is 292 g/mol. The van der Waals surface area contributed by atoms with Crippen LogP contribution in [-0.2, 0) is 16.6 Å². The first-order valence-electron chi connectivity index (χ1n) is 7.08. The van der Waals surface area contributed by atoms with Crippen molar-refractivity contribution in [1.29, 1.82) is 0 Å². The van der Waals surface area contributed by atoms with Gasteiger partial charge in [-0.15, -0.1) is 11.3 Å². The van der Waals surface area contributed by atoms with Crippen LogP contribution in [0, 0.1) is 6.92 Å². The van der Waals surface area contributed by atoms with Gasteiger partial charge in [0.25, 0.3) is 10.0 Å². The van der Waals surface area contributed by atoms with Crippen molar-refractivity contribution in [3.63, 3.8) is 0 Å². The summed E-state index contributed by atoms with van der Waals surface area (Å²) in [7, 11) is -3.38. The van der Waals surface area contributed by atoms with E-state index >= 15 is 0 Å². The lowest BCUT2D eigenvalue weighted by molar-refractivity contribution is 0.248. The third-order valence-corrected chi connectivity index (χ3v) is 7.12. The van der Waals surface area contributed by atoms with Crippen LogP contribution in [0.5, 0.6) is 0 Å². The Balaban J connectivity index is 2.13. The summed E-state index contributed by atoms with van der Waals surface area (Å²) < 4.78 is 28.1. The molecule has 0 radical (unpaired) electrons. The van der Waals surface area contributed by atoms with Crippen molar-refractivity contribution in [1.82, 2.24) is 10.0 Å². The van der Waals surface area contributed by atoms with E-state index in [1.165, 1.54) is 11.3 Å². The summed E-state index contributed by atoms with van der Waals surface area (Å²) in [5.74, 6) is 0. The lowest BCUT2D eigenvalue weighted by atomic mass is 9.80. The molecule has 0 aromatic carbocycles. The second-order valence-corrected chi connectivity index (χ2v) is 9.27. The maximum Gasteiger partial charge on any atom is 0.250 e. The zero-order chi connectivity index (χ0) is 15.0. The Kier molecular flexibility index (Phi) is 4.59. The second-order valence-electron chi connectivity index (χ2n) is 6.23. The highest BCUT2D eigenvalue weighted by molar-refractivity contribution is 7.91. The Morgan fingerprint density at radius 3 is 2.55 bits per heavy atom. The van der Waals surface area contributed by atoms with Crippen molar-refractivity contribution in [2.24, 2.45) is 0 Å². The predicted molar refractivity (Wildman–Crippen MR) is 83.6 cm³/mol. The van der Waals surface area contributed by atoms with Crippen LogP contribution in [-0.4, -0.2) is 20.0 Å². The molecule has 0 spiro atoms. The van der Waals surface area contributed by atoms with E-state index in [1.807, 2.05) is 13.8 Å². The van der Waals surface area contributed by atoms with Crippen molar-refractivity contribution in [2.45, 2.75) is 69.3 Å². The molecule has 4 nitrogen and oxygen atoms in total. The van der Waals surface area contributed by atoms with Gasteiger partial charge in [0.1, 0.15) is 4.21 Å². The van der Waals surface area contributed by atoms with E-state index in [1.54, 1.807) is 6.07 Å². The number of nitrogens with one attached hydrogen (secondary N) is 2.